The molecule has 2 aromatic rings. The molecule has 0 bridgehead atoms. The molecule has 2 unspecified atom stereocenters. The Morgan fingerprint density at radius 3 is 2.19 bits per heavy atom. The highest BCUT2D eigenvalue weighted by molar-refractivity contribution is 5.90. The highest BCUT2D eigenvalue weighted by Gasteiger charge is 2.40. The number of benzene rings is 2. The second kappa shape index (κ2) is 8.75. The summed E-state index contributed by atoms with van der Waals surface area (Å²) in [7, 11) is 0. The fourth-order valence-electron chi connectivity index (χ4n) is 5.04. The molecule has 1 N–H and O–H groups in total. The lowest BCUT2D eigenvalue weighted by atomic mass is 9.63. The molecule has 0 spiro atoms. The zero-order valence-corrected chi connectivity index (χ0v) is 18.5. The van der Waals surface area contributed by atoms with Crippen LogP contribution in [0.5, 0.6) is 11.5 Å². The topological polar surface area (TPSA) is 80.8 Å². The van der Waals surface area contributed by atoms with Crippen molar-refractivity contribution < 1.29 is 28.8 Å². The predicted octanol–water partition coefficient (Wildman–Crippen LogP) is 4.50. The van der Waals surface area contributed by atoms with E-state index in [9.17, 15) is 9.90 Å². The first-order valence-corrected chi connectivity index (χ1v) is 11.5. The number of carbonyl (C=O) groups is 1. The minimum absolute atomic E-state index is 0.136. The Bertz CT molecular complexity index is 969. The largest absolute Gasteiger partial charge is 0.491 e. The van der Waals surface area contributed by atoms with Crippen molar-refractivity contribution in [2.75, 3.05) is 26.4 Å². The van der Waals surface area contributed by atoms with Crippen molar-refractivity contribution in [1.29, 1.82) is 0 Å². The van der Waals surface area contributed by atoms with Crippen LogP contribution in [0.15, 0.2) is 36.4 Å². The van der Waals surface area contributed by atoms with Crippen molar-refractivity contribution in [1.82, 2.24) is 0 Å². The maximum atomic E-state index is 12.0. The van der Waals surface area contributed by atoms with Crippen LogP contribution in [0, 0.1) is 6.92 Å². The minimum atomic E-state index is -0.905. The fourth-order valence-corrected chi connectivity index (χ4v) is 5.04. The monoisotopic (exact) mass is 438 g/mol. The van der Waals surface area contributed by atoms with Gasteiger partial charge in [-0.05, 0) is 55.2 Å². The molecule has 170 valence electrons. The normalized spacial score (nSPS) is 23.4. The van der Waals surface area contributed by atoms with Crippen LogP contribution >= 0.6 is 0 Å². The lowest BCUT2D eigenvalue weighted by Crippen LogP contribution is -2.32. The van der Waals surface area contributed by atoms with Gasteiger partial charge in [-0.15, -0.1) is 0 Å². The lowest BCUT2D eigenvalue weighted by Gasteiger charge is -2.41. The lowest BCUT2D eigenvalue weighted by molar-refractivity contribution is 0.0695. The average Bonchev–Trinajstić information content (AvgIpc) is 3.72. The van der Waals surface area contributed by atoms with Gasteiger partial charge < -0.3 is 24.1 Å². The molecule has 2 aliphatic heterocycles. The van der Waals surface area contributed by atoms with E-state index < -0.39 is 5.97 Å². The Labute approximate surface area is 188 Å². The Kier molecular flexibility index (Phi) is 5.82. The van der Waals surface area contributed by atoms with Crippen LogP contribution in [0.3, 0.4) is 0 Å². The molecule has 0 aromatic heterocycles. The number of carboxylic acids is 1. The molecule has 3 fully saturated rings. The number of epoxide rings is 2. The van der Waals surface area contributed by atoms with Crippen LogP contribution in [-0.4, -0.2) is 49.7 Å². The van der Waals surface area contributed by atoms with E-state index >= 15 is 0 Å². The molecule has 2 saturated heterocycles. The summed E-state index contributed by atoms with van der Waals surface area (Å²) in [4.78, 5) is 12.0. The summed E-state index contributed by atoms with van der Waals surface area (Å²) >= 11 is 0. The van der Waals surface area contributed by atoms with Gasteiger partial charge in [-0.3, -0.25) is 0 Å². The zero-order chi connectivity index (χ0) is 22.1. The number of carboxylic acid groups (broad SMARTS) is 1. The van der Waals surface area contributed by atoms with Gasteiger partial charge in [0.2, 0.25) is 0 Å². The summed E-state index contributed by atoms with van der Waals surface area (Å²) in [6.45, 7) is 4.48. The third-order valence-corrected chi connectivity index (χ3v) is 6.92. The van der Waals surface area contributed by atoms with E-state index in [1.807, 2.05) is 25.1 Å². The summed E-state index contributed by atoms with van der Waals surface area (Å²) < 4.78 is 22.6. The van der Waals surface area contributed by atoms with E-state index in [2.05, 4.69) is 12.1 Å². The van der Waals surface area contributed by atoms with Gasteiger partial charge in [-0.1, -0.05) is 31.4 Å². The average molecular weight is 439 g/mol. The smallest absolute Gasteiger partial charge is 0.335 e. The minimum Gasteiger partial charge on any atom is -0.491 e. The number of rotatable bonds is 9. The van der Waals surface area contributed by atoms with Crippen LogP contribution in [0.1, 0.15) is 59.2 Å². The van der Waals surface area contributed by atoms with Crippen LogP contribution in [0.25, 0.3) is 0 Å². The number of ether oxygens (including phenoxy) is 4. The molecule has 32 heavy (non-hydrogen) atoms. The van der Waals surface area contributed by atoms with Gasteiger partial charge in [0.1, 0.15) is 36.9 Å². The molecular weight excluding hydrogens is 408 g/mol. The number of aromatic carboxylic acids is 1. The molecule has 2 aromatic carbocycles. The van der Waals surface area contributed by atoms with Crippen LogP contribution in [-0.2, 0) is 14.9 Å². The number of hydrogen-bond donors (Lipinski definition) is 1. The molecule has 1 saturated carbocycles. The van der Waals surface area contributed by atoms with E-state index in [-0.39, 0.29) is 17.6 Å². The SMILES string of the molecule is Cc1c(C(=O)O)ccc(OCC2CO2)c1C1(c2ccc(OCC3CO3)cc2)CCCCC1. The second-order valence-corrected chi connectivity index (χ2v) is 9.12. The molecule has 0 radical (unpaired) electrons. The molecule has 2 atom stereocenters. The highest BCUT2D eigenvalue weighted by atomic mass is 16.6. The number of hydrogen-bond acceptors (Lipinski definition) is 5. The molecule has 5 rings (SSSR count). The Hall–Kier alpha value is -2.57. The van der Waals surface area contributed by atoms with Crippen molar-refractivity contribution in [3.05, 3.63) is 58.7 Å². The summed E-state index contributed by atoms with van der Waals surface area (Å²) in [5.74, 6) is 0.697. The Balaban J connectivity index is 1.55. The van der Waals surface area contributed by atoms with E-state index in [0.29, 0.717) is 18.8 Å². The van der Waals surface area contributed by atoms with E-state index in [0.717, 1.165) is 61.5 Å². The van der Waals surface area contributed by atoms with Crippen LogP contribution in [0.2, 0.25) is 0 Å². The summed E-state index contributed by atoms with van der Waals surface area (Å²) in [5.41, 5.74) is 3.04. The maximum absolute atomic E-state index is 12.0. The molecule has 0 amide bonds. The van der Waals surface area contributed by atoms with Gasteiger partial charge in [0.25, 0.3) is 0 Å². The van der Waals surface area contributed by atoms with Crippen LogP contribution in [0.4, 0.5) is 0 Å². The summed E-state index contributed by atoms with van der Waals surface area (Å²) in [6, 6.07) is 11.8. The van der Waals surface area contributed by atoms with Crippen molar-refractivity contribution >= 4 is 5.97 Å². The van der Waals surface area contributed by atoms with E-state index in [1.165, 1.54) is 12.0 Å². The third-order valence-electron chi connectivity index (χ3n) is 6.92. The molecule has 2 heterocycles. The first-order chi connectivity index (χ1) is 15.6. The molecule has 6 heteroatoms. The Morgan fingerprint density at radius 1 is 0.969 bits per heavy atom. The van der Waals surface area contributed by atoms with Gasteiger partial charge in [-0.25, -0.2) is 4.79 Å². The van der Waals surface area contributed by atoms with E-state index in [4.69, 9.17) is 18.9 Å². The van der Waals surface area contributed by atoms with Crippen molar-refractivity contribution in [2.24, 2.45) is 0 Å². The van der Waals surface area contributed by atoms with Crippen molar-refractivity contribution in [3.8, 4) is 11.5 Å². The highest BCUT2D eigenvalue weighted by Crippen LogP contribution is 2.50. The first kappa shape index (κ1) is 21.3. The van der Waals surface area contributed by atoms with E-state index in [1.54, 1.807) is 6.07 Å². The summed E-state index contributed by atoms with van der Waals surface area (Å²) in [5, 5.41) is 9.82. The predicted molar refractivity (Wildman–Crippen MR) is 119 cm³/mol. The van der Waals surface area contributed by atoms with Gasteiger partial charge in [0, 0.05) is 11.0 Å². The van der Waals surface area contributed by atoms with Crippen molar-refractivity contribution in [2.45, 2.75) is 56.7 Å². The zero-order valence-electron chi connectivity index (χ0n) is 18.5. The molecule has 3 aliphatic rings. The van der Waals surface area contributed by atoms with Gasteiger partial charge in [-0.2, -0.15) is 0 Å². The molecular formula is C26H30O6. The molecule has 1 aliphatic carbocycles. The van der Waals surface area contributed by atoms with Gasteiger partial charge in [0.05, 0.1) is 18.8 Å². The molecule has 6 nitrogen and oxygen atoms in total. The Morgan fingerprint density at radius 2 is 1.59 bits per heavy atom. The fraction of sp³-hybridized carbons (Fsp3) is 0.500. The van der Waals surface area contributed by atoms with Crippen LogP contribution < -0.4 is 9.47 Å². The second-order valence-electron chi connectivity index (χ2n) is 9.12. The van der Waals surface area contributed by atoms with Crippen molar-refractivity contribution in [3.63, 3.8) is 0 Å². The van der Waals surface area contributed by atoms with Gasteiger partial charge >= 0.3 is 5.97 Å². The third kappa shape index (κ3) is 4.34. The maximum Gasteiger partial charge on any atom is 0.335 e. The first-order valence-electron chi connectivity index (χ1n) is 11.5. The van der Waals surface area contributed by atoms with Gasteiger partial charge in [0.15, 0.2) is 0 Å². The summed E-state index contributed by atoms with van der Waals surface area (Å²) in [6.07, 6.45) is 5.66. The standard InChI is InChI=1S/C26H30O6/c1-17-22(25(27)28)9-10-23(32-16-21-15-31-21)24(17)26(11-3-2-4-12-26)18-5-7-19(8-6-18)29-13-20-14-30-20/h5-10,20-21H,2-4,11-16H2,1H3,(H,27,28). The quantitative estimate of drug-likeness (QED) is 0.581.